The van der Waals surface area contributed by atoms with Crippen molar-refractivity contribution in [2.45, 2.75) is 24.9 Å². The van der Waals surface area contributed by atoms with Gasteiger partial charge < -0.3 is 19.4 Å². The Bertz CT molecular complexity index is 1510. The Labute approximate surface area is 202 Å². The highest BCUT2D eigenvalue weighted by Gasteiger charge is 2.18. The first-order valence-corrected chi connectivity index (χ1v) is 12.6. The number of carbonyl (C=O) groups is 1. The van der Waals surface area contributed by atoms with Crippen molar-refractivity contribution in [3.63, 3.8) is 0 Å². The summed E-state index contributed by atoms with van der Waals surface area (Å²) in [6.07, 6.45) is 0. The molecule has 2 heterocycles. The third-order valence-electron chi connectivity index (χ3n) is 5.78. The van der Waals surface area contributed by atoms with Crippen LogP contribution in [0, 0.1) is 6.92 Å². The second-order valence-corrected chi connectivity index (χ2v) is 9.86. The molecule has 1 amide bonds. The quantitative estimate of drug-likeness (QED) is 0.391. The molecule has 0 saturated carbocycles. The molecule has 1 aliphatic rings. The van der Waals surface area contributed by atoms with E-state index in [1.54, 1.807) is 30.3 Å². The minimum absolute atomic E-state index is 0.0161. The minimum atomic E-state index is -3.83. The zero-order valence-corrected chi connectivity index (χ0v) is 19.8. The predicted octanol–water partition coefficient (Wildman–Crippen LogP) is 2.98. The minimum Gasteiger partial charge on any atom is -0.454 e. The molecular formula is C25H24N4O5S. The summed E-state index contributed by atoms with van der Waals surface area (Å²) in [4.78, 5) is 17.3. The number of amides is 1. The van der Waals surface area contributed by atoms with Gasteiger partial charge in [0.15, 0.2) is 11.5 Å². The fourth-order valence-electron chi connectivity index (χ4n) is 3.98. The lowest BCUT2D eigenvalue weighted by Crippen LogP contribution is -2.28. The van der Waals surface area contributed by atoms with Crippen LogP contribution in [0.4, 0.5) is 0 Å². The van der Waals surface area contributed by atoms with Gasteiger partial charge >= 0.3 is 0 Å². The molecule has 0 spiro atoms. The summed E-state index contributed by atoms with van der Waals surface area (Å²) >= 11 is 0. The van der Waals surface area contributed by atoms with Gasteiger partial charge in [-0.05, 0) is 55.0 Å². The molecule has 35 heavy (non-hydrogen) atoms. The summed E-state index contributed by atoms with van der Waals surface area (Å²) in [6, 6.07) is 19.0. The maximum Gasteiger partial charge on any atom is 0.251 e. The highest BCUT2D eigenvalue weighted by Crippen LogP contribution is 2.32. The predicted molar refractivity (Wildman–Crippen MR) is 130 cm³/mol. The van der Waals surface area contributed by atoms with Crippen LogP contribution >= 0.6 is 0 Å². The van der Waals surface area contributed by atoms with Crippen LogP contribution in [0.25, 0.3) is 11.0 Å². The lowest BCUT2D eigenvalue weighted by atomic mass is 10.2. The Balaban J connectivity index is 1.22. The number of fused-ring (bicyclic) bond motifs is 2. The van der Waals surface area contributed by atoms with E-state index in [2.05, 4.69) is 15.0 Å². The van der Waals surface area contributed by atoms with E-state index >= 15 is 0 Å². The van der Waals surface area contributed by atoms with Crippen LogP contribution in [-0.2, 0) is 23.1 Å². The number of aromatic nitrogens is 2. The van der Waals surface area contributed by atoms with Crippen LogP contribution in [0.5, 0.6) is 11.5 Å². The third-order valence-corrected chi connectivity index (χ3v) is 7.18. The van der Waals surface area contributed by atoms with Gasteiger partial charge in [-0.1, -0.05) is 24.3 Å². The number of para-hydroxylation sites is 2. The number of carbonyl (C=O) groups excluding carboxylic acids is 1. The molecule has 2 N–H and O–H groups in total. The molecule has 0 fully saturated rings. The highest BCUT2D eigenvalue weighted by molar-refractivity contribution is 7.89. The molecule has 1 aliphatic heterocycles. The number of sulfonamides is 1. The number of nitrogens with one attached hydrogen (secondary N) is 2. The van der Waals surface area contributed by atoms with E-state index in [0.29, 0.717) is 24.6 Å². The summed E-state index contributed by atoms with van der Waals surface area (Å²) in [5.74, 6) is 1.73. The van der Waals surface area contributed by atoms with Crippen LogP contribution in [0.2, 0.25) is 0 Å². The number of hydrogen-bond donors (Lipinski definition) is 2. The van der Waals surface area contributed by atoms with Crippen molar-refractivity contribution >= 4 is 27.0 Å². The zero-order valence-electron chi connectivity index (χ0n) is 19.0. The number of imidazole rings is 1. The molecule has 0 radical (unpaired) electrons. The van der Waals surface area contributed by atoms with Gasteiger partial charge in [0, 0.05) is 25.2 Å². The average Bonchev–Trinajstić information content (AvgIpc) is 3.46. The first-order chi connectivity index (χ1) is 16.9. The number of aryl methyl sites for hydroxylation is 1. The molecule has 4 aromatic rings. The Morgan fingerprint density at radius 1 is 1.03 bits per heavy atom. The second kappa shape index (κ2) is 9.40. The van der Waals surface area contributed by atoms with Gasteiger partial charge in [0.2, 0.25) is 16.8 Å². The molecule has 5 rings (SSSR count). The molecule has 180 valence electrons. The zero-order chi connectivity index (χ0) is 24.4. The van der Waals surface area contributed by atoms with E-state index in [9.17, 15) is 13.2 Å². The van der Waals surface area contributed by atoms with Gasteiger partial charge in [0.1, 0.15) is 5.82 Å². The van der Waals surface area contributed by atoms with Crippen LogP contribution in [-0.4, -0.2) is 37.2 Å². The first-order valence-electron chi connectivity index (χ1n) is 11.1. The summed E-state index contributed by atoms with van der Waals surface area (Å²) in [6.45, 7) is 3.07. The maximum absolute atomic E-state index is 12.8. The topological polar surface area (TPSA) is 112 Å². The number of hydrogen-bond acceptors (Lipinski definition) is 6. The number of nitrogens with zero attached hydrogens (tertiary/aromatic N) is 2. The molecule has 9 nitrogen and oxygen atoms in total. The first kappa shape index (κ1) is 22.9. The van der Waals surface area contributed by atoms with Crippen molar-refractivity contribution in [3.05, 3.63) is 83.7 Å². The van der Waals surface area contributed by atoms with Gasteiger partial charge in [0.25, 0.3) is 5.91 Å². The summed E-state index contributed by atoms with van der Waals surface area (Å²) in [7, 11) is -3.83. The Hall–Kier alpha value is -3.89. The Morgan fingerprint density at radius 2 is 1.86 bits per heavy atom. The molecule has 10 heteroatoms. The van der Waals surface area contributed by atoms with E-state index in [0.717, 1.165) is 22.4 Å². The van der Waals surface area contributed by atoms with Crippen molar-refractivity contribution in [2.24, 2.45) is 0 Å². The third kappa shape index (κ3) is 4.84. The van der Waals surface area contributed by atoms with Crippen LogP contribution in [0.1, 0.15) is 21.7 Å². The molecule has 1 aromatic heterocycles. The largest absolute Gasteiger partial charge is 0.454 e. The van der Waals surface area contributed by atoms with E-state index in [4.69, 9.17) is 9.47 Å². The van der Waals surface area contributed by atoms with E-state index in [-0.39, 0.29) is 29.7 Å². The molecule has 0 atom stereocenters. The lowest BCUT2D eigenvalue weighted by molar-refractivity contribution is 0.0952. The normalized spacial score (nSPS) is 12.7. The van der Waals surface area contributed by atoms with Crippen molar-refractivity contribution in [1.82, 2.24) is 19.6 Å². The molecule has 0 unspecified atom stereocenters. The Kier molecular flexibility index (Phi) is 6.14. The SMILES string of the molecule is Cc1nc2ccccc2n1CCNC(=O)c1cccc(S(=O)(=O)NCc2ccc3c(c2)OCO3)c1. The molecule has 0 bridgehead atoms. The van der Waals surface area contributed by atoms with Gasteiger partial charge in [-0.15, -0.1) is 0 Å². The van der Waals surface area contributed by atoms with E-state index in [1.807, 2.05) is 35.8 Å². The van der Waals surface area contributed by atoms with Gasteiger partial charge in [-0.2, -0.15) is 0 Å². The smallest absolute Gasteiger partial charge is 0.251 e. The van der Waals surface area contributed by atoms with Crippen molar-refractivity contribution in [3.8, 4) is 11.5 Å². The average molecular weight is 493 g/mol. The molecular weight excluding hydrogens is 468 g/mol. The van der Waals surface area contributed by atoms with Crippen molar-refractivity contribution in [2.75, 3.05) is 13.3 Å². The highest BCUT2D eigenvalue weighted by atomic mass is 32.2. The fourth-order valence-corrected chi connectivity index (χ4v) is 5.04. The van der Waals surface area contributed by atoms with Gasteiger partial charge in [0.05, 0.1) is 15.9 Å². The van der Waals surface area contributed by atoms with E-state index in [1.165, 1.54) is 12.1 Å². The summed E-state index contributed by atoms with van der Waals surface area (Å²) in [5.41, 5.74) is 2.90. The van der Waals surface area contributed by atoms with Gasteiger partial charge in [-0.25, -0.2) is 18.1 Å². The standard InChI is InChI=1S/C25H24N4O5S/c1-17-28-21-7-2-3-8-22(21)29(17)12-11-26-25(30)19-5-4-6-20(14-19)35(31,32)27-15-18-9-10-23-24(13-18)34-16-33-23/h2-10,13-14,27H,11-12,15-16H2,1H3,(H,26,30). The number of benzene rings is 3. The lowest BCUT2D eigenvalue weighted by Gasteiger charge is -2.11. The maximum atomic E-state index is 12.8. The van der Waals surface area contributed by atoms with E-state index < -0.39 is 10.0 Å². The van der Waals surface area contributed by atoms with Crippen LogP contribution < -0.4 is 19.5 Å². The van der Waals surface area contributed by atoms with Crippen molar-refractivity contribution < 1.29 is 22.7 Å². The summed E-state index contributed by atoms with van der Waals surface area (Å²) < 4.78 is 40.9. The molecule has 0 aliphatic carbocycles. The number of rotatable bonds is 8. The Morgan fingerprint density at radius 3 is 2.74 bits per heavy atom. The second-order valence-electron chi connectivity index (χ2n) is 8.10. The monoisotopic (exact) mass is 492 g/mol. The van der Waals surface area contributed by atoms with Crippen LogP contribution in [0.15, 0.2) is 71.6 Å². The van der Waals surface area contributed by atoms with Gasteiger partial charge in [-0.3, -0.25) is 4.79 Å². The molecule has 0 saturated heterocycles. The van der Waals surface area contributed by atoms with Crippen molar-refractivity contribution in [1.29, 1.82) is 0 Å². The fraction of sp³-hybridized carbons (Fsp3) is 0.200. The summed E-state index contributed by atoms with van der Waals surface area (Å²) in [5, 5.41) is 2.86. The number of ether oxygens (including phenoxy) is 2. The van der Waals surface area contributed by atoms with Crippen LogP contribution in [0.3, 0.4) is 0 Å². The molecule has 3 aromatic carbocycles.